The Hall–Kier alpha value is -2.61. The van der Waals surface area contributed by atoms with Gasteiger partial charge in [-0.3, -0.25) is 14.7 Å². The molecule has 1 aliphatic heterocycles. The number of anilines is 2. The van der Waals surface area contributed by atoms with Crippen LogP contribution in [-0.2, 0) is 9.22 Å². The smallest absolute Gasteiger partial charge is 0.219 e. The number of amides is 1. The molecule has 13 heteroatoms. The fourth-order valence-electron chi connectivity index (χ4n) is 4.78. The van der Waals surface area contributed by atoms with E-state index >= 15 is 0 Å². The van der Waals surface area contributed by atoms with E-state index in [1.807, 2.05) is 12.1 Å². The Morgan fingerprint density at radius 3 is 2.58 bits per heavy atom. The van der Waals surface area contributed by atoms with Crippen molar-refractivity contribution < 1.29 is 13.6 Å². The first-order valence-electron chi connectivity index (χ1n) is 15.3. The van der Waals surface area contributed by atoms with Gasteiger partial charge in [0, 0.05) is 67.4 Å². The van der Waals surface area contributed by atoms with Crippen LogP contribution in [0.5, 0.6) is 0 Å². The van der Waals surface area contributed by atoms with Crippen molar-refractivity contribution in [1.82, 2.24) is 25.0 Å². The van der Waals surface area contributed by atoms with Crippen molar-refractivity contribution >= 4 is 49.0 Å². The summed E-state index contributed by atoms with van der Waals surface area (Å²) >= 11 is 7.76. The standard InChI is InChI=1S/C32H45ClFN7O2SSi/c1-32(2,3)45(5,6)43-16-7-17-44-31-28(20-26(38-39-31)24-18-22(33)8-9-25(24)34)37-23-10-11-36-27(19-23)29(21-30(35)42)41-14-12-40(4)13-15-41/h8-11,18-20,29H,7,12-17,21H2,1-6H3,(H2,35,42)(H,36,37,38). The Labute approximate surface area is 276 Å². The minimum absolute atomic E-state index is 0.151. The van der Waals surface area contributed by atoms with Crippen LogP contribution in [0.15, 0.2) is 47.6 Å². The number of pyridine rings is 1. The van der Waals surface area contributed by atoms with Crippen LogP contribution in [0.25, 0.3) is 11.3 Å². The third kappa shape index (κ3) is 9.69. The molecule has 0 bridgehead atoms. The number of benzene rings is 1. The molecule has 1 fully saturated rings. The summed E-state index contributed by atoms with van der Waals surface area (Å²) in [5.74, 6) is -0.0357. The summed E-state index contributed by atoms with van der Waals surface area (Å²) < 4.78 is 21.2. The van der Waals surface area contributed by atoms with Gasteiger partial charge in [0.1, 0.15) is 10.8 Å². The van der Waals surface area contributed by atoms with Gasteiger partial charge in [-0.1, -0.05) is 32.4 Å². The largest absolute Gasteiger partial charge is 0.417 e. The van der Waals surface area contributed by atoms with E-state index in [9.17, 15) is 9.18 Å². The van der Waals surface area contributed by atoms with Crippen molar-refractivity contribution in [2.24, 2.45) is 5.73 Å². The van der Waals surface area contributed by atoms with Gasteiger partial charge in [-0.25, -0.2) is 4.39 Å². The second-order valence-electron chi connectivity index (χ2n) is 13.0. The Morgan fingerprint density at radius 2 is 1.89 bits per heavy atom. The van der Waals surface area contributed by atoms with Crippen LogP contribution < -0.4 is 11.1 Å². The summed E-state index contributed by atoms with van der Waals surface area (Å²) in [5.41, 5.74) is 8.49. The molecule has 3 heterocycles. The van der Waals surface area contributed by atoms with E-state index in [1.165, 1.54) is 12.1 Å². The Kier molecular flexibility index (Phi) is 12.0. The second kappa shape index (κ2) is 15.3. The molecule has 4 rings (SSSR count). The first kappa shape index (κ1) is 35.2. The highest BCUT2D eigenvalue weighted by Crippen LogP contribution is 2.37. The van der Waals surface area contributed by atoms with Crippen LogP contribution in [-0.4, -0.2) is 84.8 Å². The molecule has 1 atom stereocenters. The number of thioether (sulfide) groups is 1. The molecular formula is C32H45ClFN7O2SSi. The van der Waals surface area contributed by atoms with Gasteiger partial charge in [0.15, 0.2) is 8.32 Å². The van der Waals surface area contributed by atoms with Crippen molar-refractivity contribution in [1.29, 1.82) is 0 Å². The summed E-state index contributed by atoms with van der Waals surface area (Å²) in [5, 5.41) is 13.6. The fraction of sp³-hybridized carbons (Fsp3) is 0.500. The van der Waals surface area contributed by atoms with Gasteiger partial charge in [0.2, 0.25) is 5.91 Å². The number of piperazine rings is 1. The average molecular weight is 674 g/mol. The second-order valence-corrected chi connectivity index (χ2v) is 19.3. The van der Waals surface area contributed by atoms with Crippen LogP contribution in [0.3, 0.4) is 0 Å². The van der Waals surface area contributed by atoms with Gasteiger partial charge in [0.05, 0.1) is 23.1 Å². The SMILES string of the molecule is CN1CCN(C(CC(N)=O)c2cc(Nc3cc(-c4cc(Cl)ccc4F)nnc3SCCCO[Si](C)(C)C(C)(C)C)ccn2)CC1. The van der Waals surface area contributed by atoms with Crippen molar-refractivity contribution in [2.45, 2.75) is 62.8 Å². The monoisotopic (exact) mass is 673 g/mol. The van der Waals surface area contributed by atoms with E-state index < -0.39 is 14.1 Å². The van der Waals surface area contributed by atoms with Crippen molar-refractivity contribution in [2.75, 3.05) is 50.9 Å². The lowest BCUT2D eigenvalue weighted by molar-refractivity contribution is -0.119. The lowest BCUT2D eigenvalue weighted by Crippen LogP contribution is -2.46. The molecule has 1 saturated heterocycles. The zero-order valence-electron chi connectivity index (χ0n) is 27.1. The third-order valence-corrected chi connectivity index (χ3v) is 14.4. The molecule has 0 spiro atoms. The molecule has 9 nitrogen and oxygen atoms in total. The van der Waals surface area contributed by atoms with E-state index in [4.69, 9.17) is 21.8 Å². The fourth-order valence-corrected chi connectivity index (χ4v) is 6.86. The zero-order valence-corrected chi connectivity index (χ0v) is 29.6. The number of nitrogens with one attached hydrogen (secondary N) is 1. The minimum atomic E-state index is -1.83. The molecule has 3 aromatic rings. The highest BCUT2D eigenvalue weighted by atomic mass is 35.5. The highest BCUT2D eigenvalue weighted by Gasteiger charge is 2.36. The van der Waals surface area contributed by atoms with E-state index in [0.29, 0.717) is 28.0 Å². The Bertz CT molecular complexity index is 1470. The average Bonchev–Trinajstić information content (AvgIpc) is 2.97. The predicted molar refractivity (Wildman–Crippen MR) is 184 cm³/mol. The molecule has 0 saturated carbocycles. The number of halogens is 2. The van der Waals surface area contributed by atoms with Crippen LogP contribution in [0.1, 0.15) is 45.3 Å². The summed E-state index contributed by atoms with van der Waals surface area (Å²) in [6.45, 7) is 15.3. The number of nitrogens with zero attached hydrogens (tertiary/aromatic N) is 5. The van der Waals surface area contributed by atoms with E-state index in [1.54, 1.807) is 30.1 Å². The highest BCUT2D eigenvalue weighted by molar-refractivity contribution is 7.99. The number of nitrogens with two attached hydrogens (primary N) is 1. The number of rotatable bonds is 13. The van der Waals surface area contributed by atoms with E-state index in [-0.39, 0.29) is 29.0 Å². The molecule has 1 aliphatic rings. The maximum absolute atomic E-state index is 14.8. The number of carbonyl (C=O) groups is 1. The lowest BCUT2D eigenvalue weighted by atomic mass is 10.1. The van der Waals surface area contributed by atoms with Crippen LogP contribution >= 0.6 is 23.4 Å². The molecule has 1 unspecified atom stereocenters. The molecule has 3 N–H and O–H groups in total. The third-order valence-electron chi connectivity index (χ3n) is 8.54. The summed E-state index contributed by atoms with van der Waals surface area (Å²) in [4.78, 5) is 21.2. The number of aromatic nitrogens is 3. The van der Waals surface area contributed by atoms with Gasteiger partial charge >= 0.3 is 0 Å². The first-order valence-corrected chi connectivity index (χ1v) is 19.5. The maximum Gasteiger partial charge on any atom is 0.219 e. The molecule has 45 heavy (non-hydrogen) atoms. The number of primary amides is 1. The van der Waals surface area contributed by atoms with Gasteiger partial charge in [-0.05, 0) is 68.0 Å². The van der Waals surface area contributed by atoms with Gasteiger partial charge in [-0.15, -0.1) is 22.0 Å². The predicted octanol–water partition coefficient (Wildman–Crippen LogP) is 6.74. The number of likely N-dealkylation sites (N-methyl/N-ethyl adjacent to an activating group) is 1. The molecule has 1 aromatic carbocycles. The van der Waals surface area contributed by atoms with Crippen LogP contribution in [0.2, 0.25) is 23.2 Å². The first-order chi connectivity index (χ1) is 21.2. The summed E-state index contributed by atoms with van der Waals surface area (Å²) in [7, 11) is 0.261. The quantitative estimate of drug-likeness (QED) is 0.116. The van der Waals surface area contributed by atoms with E-state index in [0.717, 1.165) is 49.7 Å². The molecule has 244 valence electrons. The maximum atomic E-state index is 14.8. The summed E-state index contributed by atoms with van der Waals surface area (Å²) in [6.07, 6.45) is 2.74. The molecule has 2 aromatic heterocycles. The van der Waals surface area contributed by atoms with E-state index in [2.05, 4.69) is 71.2 Å². The molecule has 0 radical (unpaired) electrons. The Morgan fingerprint density at radius 1 is 1.16 bits per heavy atom. The van der Waals surface area contributed by atoms with Gasteiger partial charge < -0.3 is 20.4 Å². The molecule has 0 aliphatic carbocycles. The Balaban J connectivity index is 1.58. The number of hydrogen-bond donors (Lipinski definition) is 2. The van der Waals surface area contributed by atoms with Crippen LogP contribution in [0, 0.1) is 5.82 Å². The topological polar surface area (TPSA) is 110 Å². The van der Waals surface area contributed by atoms with Gasteiger partial charge in [0.25, 0.3) is 0 Å². The molecular weight excluding hydrogens is 629 g/mol. The normalized spacial score (nSPS) is 15.6. The minimum Gasteiger partial charge on any atom is -0.417 e. The van der Waals surface area contributed by atoms with Crippen molar-refractivity contribution in [3.8, 4) is 11.3 Å². The lowest BCUT2D eigenvalue weighted by Gasteiger charge is -2.37. The number of carbonyl (C=O) groups excluding carboxylic acids is 1. The molecule has 1 amide bonds. The van der Waals surface area contributed by atoms with Crippen LogP contribution in [0.4, 0.5) is 15.8 Å². The number of hydrogen-bond acceptors (Lipinski definition) is 9. The summed E-state index contributed by atoms with van der Waals surface area (Å²) in [6, 6.07) is 9.72. The zero-order chi connectivity index (χ0) is 32.8. The van der Waals surface area contributed by atoms with Gasteiger partial charge in [-0.2, -0.15) is 0 Å². The van der Waals surface area contributed by atoms with Crippen molar-refractivity contribution in [3.05, 3.63) is 59.1 Å². The van der Waals surface area contributed by atoms with Crippen molar-refractivity contribution in [3.63, 3.8) is 0 Å².